The predicted molar refractivity (Wildman–Crippen MR) is 127 cm³/mol. The molecule has 2 unspecified atom stereocenters. The molecule has 2 saturated carbocycles. The topological polar surface area (TPSA) is 110 Å². The van der Waals surface area contributed by atoms with Crippen molar-refractivity contribution in [3.05, 3.63) is 29.1 Å². The summed E-state index contributed by atoms with van der Waals surface area (Å²) in [6.45, 7) is 2.93. The standard InChI is InChI=1S/C21H32ClN7O3S/c1-14(18(31-3)19-23-12-16(22)13-24-19)28(2)33-27-20-26-25-17(6-10-32-11-9-30)29(20)21(7-8-21)15-4-5-15/h12-15,18,30H,4-11H2,1-3H3,(H,26,27). The minimum absolute atomic E-state index is 0.0240. The van der Waals surface area contributed by atoms with Gasteiger partial charge in [-0.3, -0.25) is 9.29 Å². The van der Waals surface area contributed by atoms with Gasteiger partial charge in [-0.25, -0.2) is 14.3 Å². The van der Waals surface area contributed by atoms with Gasteiger partial charge in [0.05, 0.1) is 36.4 Å². The molecular formula is C21H32ClN7O3S. The number of nitrogens with zero attached hydrogens (tertiary/aromatic N) is 6. The summed E-state index contributed by atoms with van der Waals surface area (Å²) in [6, 6.07) is -0.0327. The Bertz CT molecular complexity index is 908. The van der Waals surface area contributed by atoms with E-state index in [2.05, 4.69) is 40.7 Å². The lowest BCUT2D eigenvalue weighted by Gasteiger charge is -2.29. The van der Waals surface area contributed by atoms with Crippen molar-refractivity contribution in [3.8, 4) is 0 Å². The van der Waals surface area contributed by atoms with Crippen molar-refractivity contribution in [3.63, 3.8) is 0 Å². The average molecular weight is 498 g/mol. The predicted octanol–water partition coefficient (Wildman–Crippen LogP) is 2.86. The number of anilines is 1. The van der Waals surface area contributed by atoms with Crippen molar-refractivity contribution in [1.29, 1.82) is 0 Å². The second-order valence-corrected chi connectivity index (χ2v) is 10.0. The second-order valence-electron chi connectivity index (χ2n) is 8.63. The molecular weight excluding hydrogens is 466 g/mol. The van der Waals surface area contributed by atoms with Crippen molar-refractivity contribution in [2.75, 3.05) is 38.7 Å². The first-order valence-electron chi connectivity index (χ1n) is 11.3. The molecule has 2 aliphatic carbocycles. The summed E-state index contributed by atoms with van der Waals surface area (Å²) in [5.74, 6) is 2.98. The van der Waals surface area contributed by atoms with Crippen molar-refractivity contribution in [1.82, 2.24) is 29.0 Å². The van der Waals surface area contributed by atoms with Gasteiger partial charge in [0.1, 0.15) is 11.9 Å². The molecule has 2 fully saturated rings. The minimum Gasteiger partial charge on any atom is -0.394 e. The number of aliphatic hydroxyl groups excluding tert-OH is 1. The molecule has 2 aromatic rings. The number of likely N-dealkylation sites (N-methyl/N-ethyl adjacent to an activating group) is 1. The Kier molecular flexibility index (Phi) is 8.08. The van der Waals surface area contributed by atoms with Crippen LogP contribution in [-0.2, 0) is 21.4 Å². The monoisotopic (exact) mass is 497 g/mol. The molecule has 182 valence electrons. The van der Waals surface area contributed by atoms with Gasteiger partial charge in [-0.1, -0.05) is 11.6 Å². The van der Waals surface area contributed by atoms with Crippen LogP contribution in [-0.4, -0.2) is 74.2 Å². The number of halogens is 1. The Morgan fingerprint density at radius 3 is 2.64 bits per heavy atom. The summed E-state index contributed by atoms with van der Waals surface area (Å²) in [6.07, 6.45) is 8.35. The molecule has 2 N–H and O–H groups in total. The van der Waals surface area contributed by atoms with Crippen LogP contribution < -0.4 is 4.72 Å². The molecule has 2 atom stereocenters. The van der Waals surface area contributed by atoms with Gasteiger partial charge in [-0.2, -0.15) is 0 Å². The molecule has 0 saturated heterocycles. The smallest absolute Gasteiger partial charge is 0.236 e. The largest absolute Gasteiger partial charge is 0.394 e. The molecule has 0 spiro atoms. The summed E-state index contributed by atoms with van der Waals surface area (Å²) in [5.41, 5.74) is 0.134. The van der Waals surface area contributed by atoms with E-state index in [4.69, 9.17) is 26.2 Å². The van der Waals surface area contributed by atoms with Gasteiger partial charge in [0.25, 0.3) is 0 Å². The van der Waals surface area contributed by atoms with Gasteiger partial charge in [0, 0.05) is 38.1 Å². The zero-order valence-electron chi connectivity index (χ0n) is 19.3. The summed E-state index contributed by atoms with van der Waals surface area (Å²) in [7, 11) is 3.64. The zero-order chi connectivity index (χ0) is 23.4. The fraction of sp³-hybridized carbons (Fsp3) is 0.714. The number of hydrogen-bond donors (Lipinski definition) is 2. The van der Waals surface area contributed by atoms with E-state index < -0.39 is 0 Å². The highest BCUT2D eigenvalue weighted by Crippen LogP contribution is 2.60. The third kappa shape index (κ3) is 5.60. The molecule has 0 aliphatic heterocycles. The Morgan fingerprint density at radius 2 is 2.03 bits per heavy atom. The van der Waals surface area contributed by atoms with E-state index in [1.807, 2.05) is 7.05 Å². The SMILES string of the molecule is COC(c1ncc(Cl)cn1)C(C)N(C)SNc1nnc(CCOCCO)n1C1(C2CC2)CC1. The summed E-state index contributed by atoms with van der Waals surface area (Å²) in [5, 5.41) is 18.4. The molecule has 12 heteroatoms. The summed E-state index contributed by atoms with van der Waals surface area (Å²) in [4.78, 5) is 8.64. The second kappa shape index (κ2) is 10.8. The molecule has 2 heterocycles. The van der Waals surface area contributed by atoms with Crippen LogP contribution in [0.25, 0.3) is 0 Å². The van der Waals surface area contributed by atoms with Crippen molar-refractivity contribution < 1.29 is 14.6 Å². The van der Waals surface area contributed by atoms with E-state index in [1.54, 1.807) is 19.5 Å². The first-order chi connectivity index (χ1) is 16.0. The third-order valence-corrected chi connectivity index (χ3v) is 7.51. The van der Waals surface area contributed by atoms with E-state index in [0.29, 0.717) is 36.4 Å². The van der Waals surface area contributed by atoms with Crippen LogP contribution in [0.2, 0.25) is 5.02 Å². The van der Waals surface area contributed by atoms with Crippen LogP contribution in [0.15, 0.2) is 12.4 Å². The minimum atomic E-state index is -0.320. The third-order valence-electron chi connectivity index (χ3n) is 6.42. The molecule has 0 bridgehead atoms. The molecule has 10 nitrogen and oxygen atoms in total. The lowest BCUT2D eigenvalue weighted by atomic mass is 10.1. The number of aromatic nitrogens is 5. The summed E-state index contributed by atoms with van der Waals surface area (Å²) >= 11 is 7.38. The van der Waals surface area contributed by atoms with E-state index in [0.717, 1.165) is 24.6 Å². The van der Waals surface area contributed by atoms with Crippen LogP contribution in [0, 0.1) is 5.92 Å². The molecule has 2 aliphatic rings. The number of ether oxygens (including phenoxy) is 2. The van der Waals surface area contributed by atoms with E-state index in [-0.39, 0.29) is 24.3 Å². The molecule has 33 heavy (non-hydrogen) atoms. The maximum atomic E-state index is 8.95. The lowest BCUT2D eigenvalue weighted by molar-refractivity contribution is 0.0500. The Hall–Kier alpha value is -1.50. The van der Waals surface area contributed by atoms with Crippen LogP contribution >= 0.6 is 23.7 Å². The van der Waals surface area contributed by atoms with E-state index in [9.17, 15) is 0 Å². The molecule has 2 aromatic heterocycles. The van der Waals surface area contributed by atoms with E-state index in [1.165, 1.54) is 25.0 Å². The molecule has 4 rings (SSSR count). The highest BCUT2D eigenvalue weighted by atomic mass is 35.5. The average Bonchev–Trinajstić information content (AvgIpc) is 3.74. The Morgan fingerprint density at radius 1 is 1.30 bits per heavy atom. The van der Waals surface area contributed by atoms with Crippen LogP contribution in [0.5, 0.6) is 0 Å². The van der Waals surface area contributed by atoms with Gasteiger partial charge < -0.3 is 14.6 Å². The quantitative estimate of drug-likeness (QED) is 0.298. The fourth-order valence-corrected chi connectivity index (χ4v) is 5.01. The number of hydrogen-bond acceptors (Lipinski definition) is 10. The molecule has 0 amide bonds. The normalized spacial score (nSPS) is 19.0. The van der Waals surface area contributed by atoms with Crippen LogP contribution in [0.3, 0.4) is 0 Å². The van der Waals surface area contributed by atoms with Crippen molar-refractivity contribution in [2.45, 2.75) is 56.7 Å². The van der Waals surface area contributed by atoms with Crippen LogP contribution in [0.4, 0.5) is 5.95 Å². The number of nitrogens with one attached hydrogen (secondary N) is 1. The maximum Gasteiger partial charge on any atom is 0.236 e. The fourth-order valence-electron chi connectivity index (χ4n) is 4.28. The summed E-state index contributed by atoms with van der Waals surface area (Å²) < 4.78 is 18.9. The van der Waals surface area contributed by atoms with Gasteiger partial charge in [0.2, 0.25) is 5.95 Å². The first-order valence-corrected chi connectivity index (χ1v) is 12.4. The van der Waals surface area contributed by atoms with Crippen molar-refractivity contribution >= 4 is 29.7 Å². The van der Waals surface area contributed by atoms with E-state index >= 15 is 0 Å². The van der Waals surface area contributed by atoms with Gasteiger partial charge >= 0.3 is 0 Å². The maximum absolute atomic E-state index is 8.95. The zero-order valence-corrected chi connectivity index (χ0v) is 20.8. The van der Waals surface area contributed by atoms with Gasteiger partial charge in [0.15, 0.2) is 5.82 Å². The number of methoxy groups -OCH3 is 1. The molecule has 0 radical (unpaired) electrons. The van der Waals surface area contributed by atoms with Crippen LogP contribution in [0.1, 0.15) is 50.4 Å². The van der Waals surface area contributed by atoms with Gasteiger partial charge in [-0.15, -0.1) is 10.2 Å². The molecule has 0 aromatic carbocycles. The Labute approximate surface area is 203 Å². The lowest BCUT2D eigenvalue weighted by Crippen LogP contribution is -2.33. The highest BCUT2D eigenvalue weighted by Gasteiger charge is 2.57. The Balaban J connectivity index is 1.43. The van der Waals surface area contributed by atoms with Crippen molar-refractivity contribution in [2.24, 2.45) is 5.92 Å². The number of rotatable bonds is 14. The van der Waals surface area contributed by atoms with Gasteiger partial charge in [-0.05, 0) is 45.6 Å². The first kappa shape index (κ1) is 24.6. The highest BCUT2D eigenvalue weighted by molar-refractivity contribution is 7.98. The number of aliphatic hydroxyl groups is 1.